The van der Waals surface area contributed by atoms with Gasteiger partial charge in [0.05, 0.1) is 24.0 Å². The summed E-state index contributed by atoms with van der Waals surface area (Å²) in [6, 6.07) is 1.73. The second-order valence-corrected chi connectivity index (χ2v) is 5.95. The van der Waals surface area contributed by atoms with Crippen LogP contribution < -0.4 is 10.6 Å². The molecule has 24 heavy (non-hydrogen) atoms. The number of pyridine rings is 1. The van der Waals surface area contributed by atoms with Gasteiger partial charge >= 0.3 is 0 Å². The maximum absolute atomic E-state index is 12.3. The number of piperidine rings is 1. The zero-order valence-electron chi connectivity index (χ0n) is 13.6. The molecule has 9 heteroatoms. The summed E-state index contributed by atoms with van der Waals surface area (Å²) in [4.78, 5) is 21.0. The molecule has 0 aliphatic carbocycles. The Bertz CT molecular complexity index is 692. The Morgan fingerprint density at radius 2 is 2.17 bits per heavy atom. The molecule has 0 bridgehead atoms. The van der Waals surface area contributed by atoms with Crippen LogP contribution in [0.1, 0.15) is 36.7 Å². The largest absolute Gasteiger partial charge is 0.391 e. The van der Waals surface area contributed by atoms with E-state index in [2.05, 4.69) is 34.4 Å². The molecule has 3 N–H and O–H groups in total. The monoisotopic (exact) mass is 375 g/mol. The zero-order chi connectivity index (χ0) is 15.7. The molecule has 3 rings (SSSR count). The SMILES string of the molecule is CC(C)n1cnc2cc(C(=O)N[C@H]3CNCC[C@H]3O)cnc21.Cl.Cl. The number of hydrogen-bond acceptors (Lipinski definition) is 5. The van der Waals surface area contributed by atoms with Gasteiger partial charge < -0.3 is 20.3 Å². The van der Waals surface area contributed by atoms with Crippen LogP contribution >= 0.6 is 24.8 Å². The molecule has 1 fully saturated rings. The molecule has 2 aromatic rings. The van der Waals surface area contributed by atoms with Gasteiger partial charge in [0.15, 0.2) is 5.65 Å². The minimum Gasteiger partial charge on any atom is -0.391 e. The van der Waals surface area contributed by atoms with E-state index in [-0.39, 0.29) is 42.8 Å². The van der Waals surface area contributed by atoms with E-state index < -0.39 is 6.10 Å². The summed E-state index contributed by atoms with van der Waals surface area (Å²) in [5, 5.41) is 15.9. The van der Waals surface area contributed by atoms with Gasteiger partial charge in [-0.3, -0.25) is 4.79 Å². The molecule has 2 atom stereocenters. The highest BCUT2D eigenvalue weighted by Crippen LogP contribution is 2.16. The first-order valence-electron chi connectivity index (χ1n) is 7.58. The Hall–Kier alpha value is -1.41. The number of hydrogen-bond donors (Lipinski definition) is 3. The average molecular weight is 376 g/mol. The Morgan fingerprint density at radius 3 is 2.83 bits per heavy atom. The lowest BCUT2D eigenvalue weighted by Gasteiger charge is -2.29. The third-order valence-electron chi connectivity index (χ3n) is 3.99. The summed E-state index contributed by atoms with van der Waals surface area (Å²) in [5.41, 5.74) is 1.92. The van der Waals surface area contributed by atoms with Crippen molar-refractivity contribution in [2.45, 2.75) is 38.5 Å². The molecule has 0 radical (unpaired) electrons. The van der Waals surface area contributed by atoms with Crippen LogP contribution in [-0.4, -0.2) is 50.8 Å². The van der Waals surface area contributed by atoms with Gasteiger partial charge in [0, 0.05) is 18.8 Å². The zero-order valence-corrected chi connectivity index (χ0v) is 15.2. The summed E-state index contributed by atoms with van der Waals surface area (Å²) in [6.45, 7) is 5.46. The highest BCUT2D eigenvalue weighted by molar-refractivity contribution is 5.96. The van der Waals surface area contributed by atoms with Crippen molar-refractivity contribution in [1.82, 2.24) is 25.2 Å². The summed E-state index contributed by atoms with van der Waals surface area (Å²) in [6.07, 6.45) is 3.42. The van der Waals surface area contributed by atoms with E-state index in [0.29, 0.717) is 24.0 Å². The van der Waals surface area contributed by atoms with Gasteiger partial charge in [0.1, 0.15) is 5.52 Å². The van der Waals surface area contributed by atoms with Crippen molar-refractivity contribution >= 4 is 41.9 Å². The van der Waals surface area contributed by atoms with E-state index >= 15 is 0 Å². The van der Waals surface area contributed by atoms with Gasteiger partial charge in [0.2, 0.25) is 0 Å². The van der Waals surface area contributed by atoms with Crippen molar-refractivity contribution in [1.29, 1.82) is 0 Å². The number of carbonyl (C=O) groups is 1. The number of nitrogens with zero attached hydrogens (tertiary/aromatic N) is 3. The van der Waals surface area contributed by atoms with Crippen molar-refractivity contribution in [3.63, 3.8) is 0 Å². The van der Waals surface area contributed by atoms with Crippen LogP contribution in [0, 0.1) is 0 Å². The molecule has 0 saturated carbocycles. The molecule has 1 aliphatic rings. The lowest BCUT2D eigenvalue weighted by molar-refractivity contribution is 0.0754. The van der Waals surface area contributed by atoms with E-state index in [9.17, 15) is 9.90 Å². The van der Waals surface area contributed by atoms with E-state index in [0.717, 1.165) is 12.2 Å². The lowest BCUT2D eigenvalue weighted by Crippen LogP contribution is -2.53. The number of imidazole rings is 1. The molecule has 0 spiro atoms. The number of fused-ring (bicyclic) bond motifs is 1. The van der Waals surface area contributed by atoms with Crippen LogP contribution in [-0.2, 0) is 0 Å². The quantitative estimate of drug-likeness (QED) is 0.751. The first kappa shape index (κ1) is 20.6. The van der Waals surface area contributed by atoms with E-state index in [1.807, 2.05) is 4.57 Å². The normalized spacial score (nSPS) is 20.3. The summed E-state index contributed by atoms with van der Waals surface area (Å²) in [5.74, 6) is -0.235. The number of aromatic nitrogens is 3. The molecule has 2 aromatic heterocycles. The molecule has 134 valence electrons. The molecule has 0 unspecified atom stereocenters. The topological polar surface area (TPSA) is 92.1 Å². The maximum atomic E-state index is 12.3. The lowest BCUT2D eigenvalue weighted by atomic mass is 10.0. The minimum absolute atomic E-state index is 0. The second-order valence-electron chi connectivity index (χ2n) is 5.95. The third kappa shape index (κ3) is 4.16. The van der Waals surface area contributed by atoms with Gasteiger partial charge in [-0.1, -0.05) is 0 Å². The fourth-order valence-corrected chi connectivity index (χ4v) is 2.66. The maximum Gasteiger partial charge on any atom is 0.253 e. The van der Waals surface area contributed by atoms with Crippen LogP contribution in [0.5, 0.6) is 0 Å². The van der Waals surface area contributed by atoms with Crippen molar-refractivity contribution in [3.05, 3.63) is 24.2 Å². The number of aliphatic hydroxyl groups excluding tert-OH is 1. The summed E-state index contributed by atoms with van der Waals surface area (Å²) in [7, 11) is 0. The standard InChI is InChI=1S/C15H21N5O2.2ClH/c1-9(2)20-8-18-11-5-10(6-17-14(11)20)15(22)19-12-7-16-4-3-13(12)21;;/h5-6,8-9,12-13,16,21H,3-4,7H2,1-2H3,(H,19,22);2*1H/t12-,13+;;/m0../s1. The molecule has 1 amide bonds. The Balaban J connectivity index is 0.00000144. The smallest absolute Gasteiger partial charge is 0.253 e. The van der Waals surface area contributed by atoms with Gasteiger partial charge in [-0.15, -0.1) is 24.8 Å². The minimum atomic E-state index is -0.512. The number of amides is 1. The predicted octanol–water partition coefficient (Wildman–Crippen LogP) is 1.31. The first-order valence-corrected chi connectivity index (χ1v) is 7.58. The highest BCUT2D eigenvalue weighted by atomic mass is 35.5. The van der Waals surface area contributed by atoms with Crippen molar-refractivity contribution in [3.8, 4) is 0 Å². The number of rotatable bonds is 3. The molecule has 1 saturated heterocycles. The summed E-state index contributed by atoms with van der Waals surface area (Å²) < 4.78 is 1.96. The van der Waals surface area contributed by atoms with Crippen LogP contribution in [0.3, 0.4) is 0 Å². The van der Waals surface area contributed by atoms with Gasteiger partial charge in [-0.25, -0.2) is 9.97 Å². The van der Waals surface area contributed by atoms with Crippen LogP contribution in [0.25, 0.3) is 11.2 Å². The van der Waals surface area contributed by atoms with E-state index in [4.69, 9.17) is 0 Å². The molecular formula is C15H23Cl2N5O2. The fraction of sp³-hybridized carbons (Fsp3) is 0.533. The van der Waals surface area contributed by atoms with Gasteiger partial charge in [0.25, 0.3) is 5.91 Å². The fourth-order valence-electron chi connectivity index (χ4n) is 2.66. The van der Waals surface area contributed by atoms with Crippen molar-refractivity contribution < 1.29 is 9.90 Å². The average Bonchev–Trinajstić information content (AvgIpc) is 2.92. The number of halogens is 2. The van der Waals surface area contributed by atoms with E-state index in [1.54, 1.807) is 18.6 Å². The highest BCUT2D eigenvalue weighted by Gasteiger charge is 2.25. The Kier molecular flexibility index (Phi) is 7.41. The first-order chi connectivity index (χ1) is 10.6. The number of nitrogens with one attached hydrogen (secondary N) is 2. The predicted molar refractivity (Wildman–Crippen MR) is 97.2 cm³/mol. The Labute approximate surface area is 153 Å². The second kappa shape index (κ2) is 8.62. The van der Waals surface area contributed by atoms with Crippen LogP contribution in [0.2, 0.25) is 0 Å². The van der Waals surface area contributed by atoms with Gasteiger partial charge in [-0.05, 0) is 32.9 Å². The summed E-state index contributed by atoms with van der Waals surface area (Å²) >= 11 is 0. The number of carbonyl (C=O) groups excluding carboxylic acids is 1. The third-order valence-corrected chi connectivity index (χ3v) is 3.99. The molecule has 0 aromatic carbocycles. The van der Waals surface area contributed by atoms with Crippen LogP contribution in [0.15, 0.2) is 18.6 Å². The van der Waals surface area contributed by atoms with Crippen LogP contribution in [0.4, 0.5) is 0 Å². The van der Waals surface area contributed by atoms with Crippen molar-refractivity contribution in [2.24, 2.45) is 0 Å². The number of aliphatic hydroxyl groups is 1. The van der Waals surface area contributed by atoms with E-state index in [1.165, 1.54) is 0 Å². The molecular weight excluding hydrogens is 353 g/mol. The Morgan fingerprint density at radius 1 is 1.42 bits per heavy atom. The molecule has 1 aliphatic heterocycles. The molecule has 7 nitrogen and oxygen atoms in total. The van der Waals surface area contributed by atoms with Crippen molar-refractivity contribution in [2.75, 3.05) is 13.1 Å². The molecule has 3 heterocycles. The van der Waals surface area contributed by atoms with Gasteiger partial charge in [-0.2, -0.15) is 0 Å².